The molecule has 0 bridgehead atoms. The molecule has 0 spiro atoms. The Bertz CT molecular complexity index is 478. The van der Waals surface area contributed by atoms with E-state index in [9.17, 15) is 8.42 Å². The molecule has 0 saturated carbocycles. The highest BCUT2D eigenvalue weighted by atomic mass is 32.2. The fourth-order valence-corrected chi connectivity index (χ4v) is 2.57. The average Bonchev–Trinajstić information content (AvgIpc) is 2.73. The SMILES string of the molecule is CC(C)CNCc1nccn1CCS(=O)(=O)C(C)C. The van der Waals surface area contributed by atoms with Crippen LogP contribution in [0.3, 0.4) is 0 Å². The van der Waals surface area contributed by atoms with Gasteiger partial charge in [0.25, 0.3) is 0 Å². The molecule has 19 heavy (non-hydrogen) atoms. The molecule has 110 valence electrons. The molecule has 0 atom stereocenters. The molecule has 0 amide bonds. The van der Waals surface area contributed by atoms with Crippen molar-refractivity contribution < 1.29 is 8.42 Å². The topological polar surface area (TPSA) is 64.0 Å². The van der Waals surface area contributed by atoms with E-state index in [0.29, 0.717) is 19.0 Å². The predicted molar refractivity (Wildman–Crippen MR) is 77.7 cm³/mol. The summed E-state index contributed by atoms with van der Waals surface area (Å²) in [4.78, 5) is 4.26. The molecule has 1 N–H and O–H groups in total. The van der Waals surface area contributed by atoms with Crippen molar-refractivity contribution in [3.8, 4) is 0 Å². The van der Waals surface area contributed by atoms with Crippen molar-refractivity contribution in [2.75, 3.05) is 12.3 Å². The van der Waals surface area contributed by atoms with Crippen LogP contribution >= 0.6 is 0 Å². The fourth-order valence-electron chi connectivity index (χ4n) is 1.64. The van der Waals surface area contributed by atoms with Crippen LogP contribution in [-0.2, 0) is 22.9 Å². The third-order valence-corrected chi connectivity index (χ3v) is 5.16. The summed E-state index contributed by atoms with van der Waals surface area (Å²) in [5.41, 5.74) is 0. The number of hydrogen-bond acceptors (Lipinski definition) is 4. The van der Waals surface area contributed by atoms with Gasteiger partial charge in [-0.25, -0.2) is 13.4 Å². The van der Waals surface area contributed by atoms with Gasteiger partial charge in [-0.15, -0.1) is 0 Å². The normalized spacial score (nSPS) is 12.5. The van der Waals surface area contributed by atoms with Crippen LogP contribution < -0.4 is 5.32 Å². The van der Waals surface area contributed by atoms with E-state index in [1.807, 2.05) is 10.8 Å². The zero-order valence-electron chi connectivity index (χ0n) is 12.3. The van der Waals surface area contributed by atoms with Gasteiger partial charge in [-0.2, -0.15) is 0 Å². The smallest absolute Gasteiger partial charge is 0.154 e. The summed E-state index contributed by atoms with van der Waals surface area (Å²) in [6, 6.07) is 0. The van der Waals surface area contributed by atoms with Gasteiger partial charge in [0, 0.05) is 18.9 Å². The standard InChI is InChI=1S/C13H25N3O2S/c1-11(2)9-14-10-13-15-5-6-16(13)7-8-19(17,18)12(3)4/h5-6,11-12,14H,7-10H2,1-4H3. The highest BCUT2D eigenvalue weighted by Crippen LogP contribution is 2.04. The average molecular weight is 287 g/mol. The Labute approximate surface area is 116 Å². The first-order valence-electron chi connectivity index (χ1n) is 6.75. The highest BCUT2D eigenvalue weighted by Gasteiger charge is 2.16. The summed E-state index contributed by atoms with van der Waals surface area (Å²) in [6.07, 6.45) is 3.55. The second kappa shape index (κ2) is 7.05. The maximum Gasteiger partial charge on any atom is 0.154 e. The predicted octanol–water partition coefficient (Wildman–Crippen LogP) is 1.45. The van der Waals surface area contributed by atoms with Crippen molar-refractivity contribution in [1.29, 1.82) is 0 Å². The van der Waals surface area contributed by atoms with Gasteiger partial charge in [0.05, 0.1) is 17.5 Å². The molecule has 0 aliphatic carbocycles. The van der Waals surface area contributed by atoms with Gasteiger partial charge in [-0.1, -0.05) is 13.8 Å². The maximum atomic E-state index is 11.8. The number of imidazole rings is 1. The van der Waals surface area contributed by atoms with Crippen LogP contribution in [0, 0.1) is 5.92 Å². The van der Waals surface area contributed by atoms with Crippen LogP contribution in [0.2, 0.25) is 0 Å². The Balaban J connectivity index is 2.54. The quantitative estimate of drug-likeness (QED) is 0.786. The minimum atomic E-state index is -2.99. The summed E-state index contributed by atoms with van der Waals surface area (Å²) in [6.45, 7) is 9.80. The van der Waals surface area contributed by atoms with E-state index >= 15 is 0 Å². The van der Waals surface area contributed by atoms with Gasteiger partial charge in [-0.3, -0.25) is 0 Å². The molecule has 0 aromatic carbocycles. The van der Waals surface area contributed by atoms with Crippen LogP contribution in [-0.4, -0.2) is 35.5 Å². The molecule has 1 heterocycles. The van der Waals surface area contributed by atoms with Gasteiger partial charge in [0.2, 0.25) is 0 Å². The molecule has 0 aliphatic rings. The molecule has 0 radical (unpaired) electrons. The first-order chi connectivity index (χ1) is 8.83. The molecule has 0 fully saturated rings. The summed E-state index contributed by atoms with van der Waals surface area (Å²) < 4.78 is 25.5. The van der Waals surface area contributed by atoms with E-state index in [1.165, 1.54) is 0 Å². The molecular weight excluding hydrogens is 262 g/mol. The largest absolute Gasteiger partial charge is 0.333 e. The zero-order chi connectivity index (χ0) is 14.5. The Hall–Kier alpha value is -0.880. The van der Waals surface area contributed by atoms with Crippen LogP contribution in [0.15, 0.2) is 12.4 Å². The minimum Gasteiger partial charge on any atom is -0.333 e. The lowest BCUT2D eigenvalue weighted by atomic mass is 10.2. The molecule has 0 saturated heterocycles. The third-order valence-electron chi connectivity index (χ3n) is 2.97. The van der Waals surface area contributed by atoms with Crippen molar-refractivity contribution in [2.24, 2.45) is 5.92 Å². The minimum absolute atomic E-state index is 0.165. The summed E-state index contributed by atoms with van der Waals surface area (Å²) >= 11 is 0. The van der Waals surface area contributed by atoms with Crippen LogP contribution in [0.4, 0.5) is 0 Å². The van der Waals surface area contributed by atoms with Gasteiger partial charge in [0.1, 0.15) is 5.82 Å². The van der Waals surface area contributed by atoms with Crippen molar-refractivity contribution >= 4 is 9.84 Å². The van der Waals surface area contributed by atoms with Gasteiger partial charge in [-0.05, 0) is 26.3 Å². The Morgan fingerprint density at radius 3 is 2.58 bits per heavy atom. The number of nitrogens with one attached hydrogen (secondary N) is 1. The van der Waals surface area contributed by atoms with Gasteiger partial charge >= 0.3 is 0 Å². The van der Waals surface area contributed by atoms with Crippen LogP contribution in [0.1, 0.15) is 33.5 Å². The number of aryl methyl sites for hydroxylation is 1. The molecule has 0 unspecified atom stereocenters. The number of hydrogen-bond donors (Lipinski definition) is 1. The van der Waals surface area contributed by atoms with E-state index in [1.54, 1.807) is 20.0 Å². The van der Waals surface area contributed by atoms with Crippen LogP contribution in [0.5, 0.6) is 0 Å². The van der Waals surface area contributed by atoms with Gasteiger partial charge in [0.15, 0.2) is 9.84 Å². The monoisotopic (exact) mass is 287 g/mol. The Kier molecular flexibility index (Phi) is 6.00. The number of aromatic nitrogens is 2. The number of sulfone groups is 1. The lowest BCUT2D eigenvalue weighted by Crippen LogP contribution is -2.24. The van der Waals surface area contributed by atoms with Crippen molar-refractivity contribution in [3.05, 3.63) is 18.2 Å². The molecule has 1 aromatic rings. The van der Waals surface area contributed by atoms with E-state index in [2.05, 4.69) is 24.1 Å². The second-order valence-electron chi connectivity index (χ2n) is 5.48. The maximum absolute atomic E-state index is 11.8. The zero-order valence-corrected chi connectivity index (χ0v) is 13.1. The lowest BCUT2D eigenvalue weighted by Gasteiger charge is -2.11. The Morgan fingerprint density at radius 2 is 2.00 bits per heavy atom. The van der Waals surface area contributed by atoms with Crippen molar-refractivity contribution in [1.82, 2.24) is 14.9 Å². The molecule has 0 aliphatic heterocycles. The summed E-state index contributed by atoms with van der Waals surface area (Å²) in [5.74, 6) is 1.64. The number of rotatable bonds is 8. The molecule has 5 nitrogen and oxygen atoms in total. The first-order valence-corrected chi connectivity index (χ1v) is 8.46. The highest BCUT2D eigenvalue weighted by molar-refractivity contribution is 7.91. The molecule has 1 aromatic heterocycles. The van der Waals surface area contributed by atoms with E-state index in [4.69, 9.17) is 0 Å². The van der Waals surface area contributed by atoms with E-state index in [-0.39, 0.29) is 11.0 Å². The lowest BCUT2D eigenvalue weighted by molar-refractivity contribution is 0.529. The first kappa shape index (κ1) is 16.2. The van der Waals surface area contributed by atoms with Gasteiger partial charge < -0.3 is 9.88 Å². The summed E-state index contributed by atoms with van der Waals surface area (Å²) in [7, 11) is -2.99. The van der Waals surface area contributed by atoms with Crippen molar-refractivity contribution in [2.45, 2.75) is 46.0 Å². The van der Waals surface area contributed by atoms with Crippen molar-refractivity contribution in [3.63, 3.8) is 0 Å². The van der Waals surface area contributed by atoms with E-state index in [0.717, 1.165) is 12.4 Å². The number of nitrogens with zero attached hydrogens (tertiary/aromatic N) is 2. The summed E-state index contributed by atoms with van der Waals surface area (Å²) in [5, 5.41) is 2.99. The van der Waals surface area contributed by atoms with E-state index < -0.39 is 9.84 Å². The fraction of sp³-hybridized carbons (Fsp3) is 0.769. The third kappa shape index (κ3) is 5.32. The Morgan fingerprint density at radius 1 is 1.32 bits per heavy atom. The molecular formula is C13H25N3O2S. The second-order valence-corrected chi connectivity index (χ2v) is 8.15. The molecule has 1 rings (SSSR count). The van der Waals surface area contributed by atoms with Crippen LogP contribution in [0.25, 0.3) is 0 Å². The molecule has 6 heteroatoms.